The Morgan fingerprint density at radius 2 is 2.25 bits per heavy atom. The van der Waals surface area contributed by atoms with Gasteiger partial charge in [-0.05, 0) is 25.5 Å². The second-order valence-corrected chi connectivity index (χ2v) is 4.77. The molecule has 0 aliphatic heterocycles. The summed E-state index contributed by atoms with van der Waals surface area (Å²) in [4.78, 5) is 0.936. The Balaban J connectivity index is 2.67. The largest absolute Gasteiger partial charge is 0.385 e. The third-order valence-electron chi connectivity index (χ3n) is 2.22. The molecule has 16 heavy (non-hydrogen) atoms. The number of halogens is 1. The fourth-order valence-corrected chi connectivity index (χ4v) is 2.57. The van der Waals surface area contributed by atoms with E-state index in [0.29, 0.717) is 5.56 Å². The van der Waals surface area contributed by atoms with E-state index in [4.69, 9.17) is 10.5 Å². The normalized spacial score (nSPS) is 12.8. The zero-order chi connectivity index (χ0) is 12.0. The van der Waals surface area contributed by atoms with Crippen LogP contribution < -0.4 is 5.73 Å². The molecule has 0 saturated carbocycles. The first-order chi connectivity index (χ1) is 7.66. The number of hydrogen-bond donors (Lipinski definition) is 1. The van der Waals surface area contributed by atoms with Crippen LogP contribution in [0.25, 0.3) is 0 Å². The van der Waals surface area contributed by atoms with Crippen molar-refractivity contribution < 1.29 is 9.13 Å². The molecule has 0 amide bonds. The average molecular weight is 243 g/mol. The molecule has 1 aromatic carbocycles. The maximum atomic E-state index is 13.6. The average Bonchev–Trinajstić information content (AvgIpc) is 2.24. The lowest BCUT2D eigenvalue weighted by molar-refractivity contribution is 0.200. The molecule has 0 bridgehead atoms. The molecule has 1 rings (SSSR count). The van der Waals surface area contributed by atoms with Crippen molar-refractivity contribution >= 4 is 11.8 Å². The maximum absolute atomic E-state index is 13.6. The van der Waals surface area contributed by atoms with Crippen molar-refractivity contribution in [1.82, 2.24) is 0 Å². The van der Waals surface area contributed by atoms with Crippen LogP contribution in [0.5, 0.6) is 0 Å². The van der Waals surface area contributed by atoms with Crippen molar-refractivity contribution in [3.05, 3.63) is 29.6 Å². The number of thioether (sulfide) groups is 1. The second-order valence-electron chi connectivity index (χ2n) is 3.64. The van der Waals surface area contributed by atoms with Gasteiger partial charge in [-0.15, -0.1) is 11.8 Å². The zero-order valence-corrected chi connectivity index (χ0v) is 10.5. The lowest BCUT2D eigenvalue weighted by Gasteiger charge is -2.13. The highest BCUT2D eigenvalue weighted by molar-refractivity contribution is 7.99. The summed E-state index contributed by atoms with van der Waals surface area (Å²) in [6.07, 6.45) is 0.954. The fraction of sp³-hybridized carbons (Fsp3) is 0.500. The Kier molecular flexibility index (Phi) is 5.80. The first-order valence-corrected chi connectivity index (χ1v) is 6.31. The van der Waals surface area contributed by atoms with E-state index in [1.54, 1.807) is 31.9 Å². The number of ether oxygens (including phenoxy) is 1. The van der Waals surface area contributed by atoms with Gasteiger partial charge in [-0.25, -0.2) is 4.39 Å². The molecule has 0 radical (unpaired) electrons. The van der Waals surface area contributed by atoms with Crippen LogP contribution in [0.2, 0.25) is 0 Å². The van der Waals surface area contributed by atoms with Crippen molar-refractivity contribution in [3.8, 4) is 0 Å². The highest BCUT2D eigenvalue weighted by Gasteiger charge is 2.12. The van der Waals surface area contributed by atoms with Gasteiger partial charge in [-0.2, -0.15) is 0 Å². The molecule has 0 unspecified atom stereocenters. The summed E-state index contributed by atoms with van der Waals surface area (Å²) in [5.41, 5.74) is 6.38. The molecule has 4 heteroatoms. The van der Waals surface area contributed by atoms with E-state index in [1.807, 2.05) is 6.07 Å². The standard InChI is InChI=1S/C12H18FNOS/c1-9(14)12-10(13)5-3-6-11(12)16-8-4-7-15-2/h3,5-6,9H,4,7-8,14H2,1-2H3/t9-/m1/s1. The van der Waals surface area contributed by atoms with Crippen LogP contribution in [0.15, 0.2) is 23.1 Å². The molecule has 2 nitrogen and oxygen atoms in total. The van der Waals surface area contributed by atoms with E-state index >= 15 is 0 Å². The Labute approximate surface area is 100 Å². The molecule has 0 fully saturated rings. The molecular formula is C12H18FNOS. The zero-order valence-electron chi connectivity index (χ0n) is 9.70. The molecule has 0 aromatic heterocycles. The molecule has 2 N–H and O–H groups in total. The monoisotopic (exact) mass is 243 g/mol. The Bertz CT molecular complexity index is 331. The van der Waals surface area contributed by atoms with Crippen LogP contribution in [0.3, 0.4) is 0 Å². The minimum Gasteiger partial charge on any atom is -0.385 e. The van der Waals surface area contributed by atoms with Gasteiger partial charge in [-0.3, -0.25) is 0 Å². The van der Waals surface area contributed by atoms with Gasteiger partial charge in [0.25, 0.3) is 0 Å². The number of benzene rings is 1. The van der Waals surface area contributed by atoms with E-state index in [9.17, 15) is 4.39 Å². The fourth-order valence-electron chi connectivity index (χ4n) is 1.47. The van der Waals surface area contributed by atoms with Crippen molar-refractivity contribution in [3.63, 3.8) is 0 Å². The summed E-state index contributed by atoms with van der Waals surface area (Å²) in [5, 5.41) is 0. The Morgan fingerprint density at radius 1 is 1.50 bits per heavy atom. The quantitative estimate of drug-likeness (QED) is 0.616. The smallest absolute Gasteiger partial charge is 0.129 e. The van der Waals surface area contributed by atoms with Crippen LogP contribution in [-0.2, 0) is 4.74 Å². The van der Waals surface area contributed by atoms with Crippen molar-refractivity contribution in [1.29, 1.82) is 0 Å². The topological polar surface area (TPSA) is 35.2 Å². The second kappa shape index (κ2) is 6.89. The number of methoxy groups -OCH3 is 1. The van der Waals surface area contributed by atoms with Crippen LogP contribution in [0, 0.1) is 5.82 Å². The highest BCUT2D eigenvalue weighted by atomic mass is 32.2. The van der Waals surface area contributed by atoms with Gasteiger partial charge >= 0.3 is 0 Å². The molecule has 0 saturated heterocycles. The van der Waals surface area contributed by atoms with E-state index in [2.05, 4.69) is 0 Å². The predicted octanol–water partition coefficient (Wildman–Crippen LogP) is 2.97. The molecular weight excluding hydrogens is 225 g/mol. The Hall–Kier alpha value is -0.580. The molecule has 90 valence electrons. The van der Waals surface area contributed by atoms with Crippen molar-refractivity contribution in [2.45, 2.75) is 24.3 Å². The van der Waals surface area contributed by atoms with Crippen LogP contribution in [0.1, 0.15) is 24.9 Å². The molecule has 1 atom stereocenters. The number of rotatable bonds is 6. The molecule has 1 aromatic rings. The van der Waals surface area contributed by atoms with Crippen LogP contribution >= 0.6 is 11.8 Å². The van der Waals surface area contributed by atoms with E-state index < -0.39 is 0 Å². The van der Waals surface area contributed by atoms with Crippen molar-refractivity contribution in [2.75, 3.05) is 19.5 Å². The van der Waals surface area contributed by atoms with E-state index in [1.165, 1.54) is 6.07 Å². The molecule has 0 aliphatic rings. The summed E-state index contributed by atoms with van der Waals surface area (Å²) in [6, 6.07) is 4.82. The van der Waals surface area contributed by atoms with Crippen LogP contribution in [0.4, 0.5) is 4.39 Å². The predicted molar refractivity (Wildman–Crippen MR) is 66.2 cm³/mol. The summed E-state index contributed by atoms with van der Waals surface area (Å²) in [6.45, 7) is 2.54. The Morgan fingerprint density at radius 3 is 2.88 bits per heavy atom. The third-order valence-corrected chi connectivity index (χ3v) is 3.38. The van der Waals surface area contributed by atoms with Gasteiger partial charge in [0, 0.05) is 36.0 Å². The first-order valence-electron chi connectivity index (χ1n) is 5.32. The number of hydrogen-bond acceptors (Lipinski definition) is 3. The summed E-state index contributed by atoms with van der Waals surface area (Å²) in [5.74, 6) is 0.698. The number of nitrogens with two attached hydrogens (primary N) is 1. The van der Waals surface area contributed by atoms with Gasteiger partial charge in [0.2, 0.25) is 0 Å². The molecule has 0 aliphatic carbocycles. The van der Waals surface area contributed by atoms with E-state index in [0.717, 1.165) is 23.7 Å². The lowest BCUT2D eigenvalue weighted by Crippen LogP contribution is -2.09. The van der Waals surface area contributed by atoms with Crippen LogP contribution in [-0.4, -0.2) is 19.5 Å². The molecule has 0 heterocycles. The van der Waals surface area contributed by atoms with Gasteiger partial charge in [0.1, 0.15) is 5.82 Å². The van der Waals surface area contributed by atoms with Crippen molar-refractivity contribution in [2.24, 2.45) is 5.73 Å². The minimum absolute atomic E-state index is 0.216. The SMILES string of the molecule is COCCCSc1cccc(F)c1[C@@H](C)N. The van der Waals surface area contributed by atoms with Gasteiger partial charge in [0.15, 0.2) is 0 Å². The molecule has 0 spiro atoms. The summed E-state index contributed by atoms with van der Waals surface area (Å²) < 4.78 is 18.5. The van der Waals surface area contributed by atoms with Gasteiger partial charge in [0.05, 0.1) is 0 Å². The maximum Gasteiger partial charge on any atom is 0.129 e. The van der Waals surface area contributed by atoms with Gasteiger partial charge in [-0.1, -0.05) is 6.07 Å². The van der Waals surface area contributed by atoms with Gasteiger partial charge < -0.3 is 10.5 Å². The minimum atomic E-state index is -0.272. The third kappa shape index (κ3) is 3.77. The van der Waals surface area contributed by atoms with E-state index in [-0.39, 0.29) is 11.9 Å². The summed E-state index contributed by atoms with van der Waals surface area (Å²) in [7, 11) is 1.68. The lowest BCUT2D eigenvalue weighted by atomic mass is 10.1. The summed E-state index contributed by atoms with van der Waals surface area (Å²) >= 11 is 1.63. The highest BCUT2D eigenvalue weighted by Crippen LogP contribution is 2.29. The first kappa shape index (κ1) is 13.5.